The molecule has 19 nitrogen and oxygen atoms in total. The van der Waals surface area contributed by atoms with Gasteiger partial charge < -0.3 is 34.3 Å². The molecule has 0 spiro atoms. The maximum absolute atomic E-state index is 15.1. The predicted octanol–water partition coefficient (Wildman–Crippen LogP) is 6.95. The van der Waals surface area contributed by atoms with Crippen LogP contribution in [-0.4, -0.2) is 107 Å². The summed E-state index contributed by atoms with van der Waals surface area (Å²) in [5, 5.41) is 0. The summed E-state index contributed by atoms with van der Waals surface area (Å²) in [6.07, 6.45) is 16.4. The molecule has 2 aromatic rings. The number of nitrogens with one attached hydrogen (secondary N) is 1. The van der Waals surface area contributed by atoms with Gasteiger partial charge in [0.05, 0.1) is 25.2 Å². The Morgan fingerprint density at radius 3 is 2.04 bits per heavy atom. The molecule has 2 aromatic heterocycles. The van der Waals surface area contributed by atoms with Crippen LogP contribution in [0, 0.1) is 11.8 Å². The molecule has 3 fully saturated rings. The molecule has 2 aliphatic heterocycles. The van der Waals surface area contributed by atoms with Crippen LogP contribution in [0.3, 0.4) is 0 Å². The summed E-state index contributed by atoms with van der Waals surface area (Å²) in [5.74, 6) is -0.923. The number of nitrogen functional groups attached to an aromatic ring is 1. The number of fused-ring (bicyclic) bond motifs is 3. The van der Waals surface area contributed by atoms with Gasteiger partial charge in [-0.3, -0.25) is 37.3 Å². The average Bonchev–Trinajstić information content (AvgIpc) is 3.98. The number of H-pyrrole nitrogens is 1. The first-order valence-corrected chi connectivity index (χ1v) is 26.3. The highest BCUT2D eigenvalue weighted by Gasteiger charge is 2.93. The molecule has 2 saturated carbocycles. The highest BCUT2D eigenvalue weighted by Crippen LogP contribution is 2.79. The van der Waals surface area contributed by atoms with Gasteiger partial charge >= 0.3 is 19.2 Å². The van der Waals surface area contributed by atoms with Gasteiger partial charge in [0.2, 0.25) is 12.1 Å². The quantitative estimate of drug-likeness (QED) is 0.0559. The van der Waals surface area contributed by atoms with Crippen molar-refractivity contribution in [2.75, 3.05) is 46.8 Å². The average molecular weight is 977 g/mol. The Kier molecular flexibility index (Phi) is 18.9. The smallest absolute Gasteiger partial charge is 0.469 e. The zero-order valence-corrected chi connectivity index (χ0v) is 42.4. The number of methoxy groups -OCH3 is 2. The molecule has 9 atom stereocenters. The van der Waals surface area contributed by atoms with Gasteiger partial charge in [0.1, 0.15) is 42.1 Å². The normalized spacial score (nSPS) is 26.8. The number of phosphoric ester groups is 1. The van der Waals surface area contributed by atoms with Crippen LogP contribution in [0.1, 0.15) is 144 Å². The van der Waals surface area contributed by atoms with Crippen molar-refractivity contribution in [1.29, 1.82) is 0 Å². The largest absolute Gasteiger partial charge is 0.475 e. The van der Waals surface area contributed by atoms with Crippen LogP contribution in [0.2, 0.25) is 0 Å². The van der Waals surface area contributed by atoms with E-state index in [1.165, 1.54) is 119 Å². The highest BCUT2D eigenvalue weighted by atomic mass is 31.2. The highest BCUT2D eigenvalue weighted by molar-refractivity contribution is 7.48. The van der Waals surface area contributed by atoms with E-state index in [0.29, 0.717) is 24.3 Å². The lowest BCUT2D eigenvalue weighted by molar-refractivity contribution is -0.147. The number of amides is 1. The van der Waals surface area contributed by atoms with Crippen molar-refractivity contribution in [1.82, 2.24) is 24.0 Å². The van der Waals surface area contributed by atoms with E-state index < -0.39 is 78.6 Å². The maximum atomic E-state index is 15.1. The number of hydrogen-bond donors (Lipinski definition) is 2. The van der Waals surface area contributed by atoms with Crippen molar-refractivity contribution in [3.63, 3.8) is 0 Å². The number of nitrogens with two attached hydrogens (primary N) is 1. The SMILES string of the molecule is CCCCCCCCCCCCCCCCCN(C[C@]12O[C@@]3(n4ccc(=O)[nH]c4=O)C(OC)C3[C@H]1C2OP(=O)(OC)OC(C)C)C(=O)CC1=C(COC(C)C)O[C@@H](n2ccc(N)nc2=O)C1OC. The summed E-state index contributed by atoms with van der Waals surface area (Å²) in [6, 6.07) is 2.72. The number of aromatic nitrogens is 4. The molecule has 3 N–H and O–H groups in total. The van der Waals surface area contributed by atoms with E-state index >= 15 is 4.79 Å². The second-order valence-corrected chi connectivity index (χ2v) is 20.9. The molecule has 0 bridgehead atoms. The van der Waals surface area contributed by atoms with E-state index in [-0.39, 0.29) is 37.4 Å². The third kappa shape index (κ3) is 12.2. The number of nitrogens with zero attached hydrogens (tertiary/aromatic N) is 4. The topological polar surface area (TPSA) is 227 Å². The second-order valence-electron chi connectivity index (χ2n) is 19.3. The molecule has 20 heteroatoms. The third-order valence-corrected chi connectivity index (χ3v) is 15.3. The van der Waals surface area contributed by atoms with E-state index in [1.807, 2.05) is 13.8 Å². The van der Waals surface area contributed by atoms with Gasteiger partial charge in [-0.2, -0.15) is 4.98 Å². The zero-order valence-electron chi connectivity index (χ0n) is 41.5. The molecule has 1 amide bonds. The number of aromatic amines is 1. The van der Waals surface area contributed by atoms with E-state index in [9.17, 15) is 18.9 Å². The minimum atomic E-state index is -4.15. The molecule has 4 aliphatic rings. The van der Waals surface area contributed by atoms with Gasteiger partial charge in [0.15, 0.2) is 5.72 Å². The molecule has 382 valence electrons. The molecule has 0 aromatic carbocycles. The Hall–Kier alpha value is -3.68. The van der Waals surface area contributed by atoms with Crippen molar-refractivity contribution in [3.05, 3.63) is 67.2 Å². The number of phosphoric acid groups is 1. The molecular weight excluding hydrogens is 900 g/mol. The Morgan fingerprint density at radius 1 is 0.868 bits per heavy atom. The predicted molar refractivity (Wildman–Crippen MR) is 255 cm³/mol. The van der Waals surface area contributed by atoms with E-state index in [0.717, 1.165) is 25.7 Å². The van der Waals surface area contributed by atoms with Crippen molar-refractivity contribution < 1.29 is 46.6 Å². The minimum absolute atomic E-state index is 0.0105. The van der Waals surface area contributed by atoms with Crippen LogP contribution in [0.25, 0.3) is 0 Å². The van der Waals surface area contributed by atoms with E-state index in [2.05, 4.69) is 16.9 Å². The van der Waals surface area contributed by atoms with Crippen molar-refractivity contribution >= 4 is 19.5 Å². The fourth-order valence-corrected chi connectivity index (χ4v) is 11.6. The first-order chi connectivity index (χ1) is 32.6. The molecule has 0 radical (unpaired) electrons. The summed E-state index contributed by atoms with van der Waals surface area (Å²) in [5.41, 5.74) is 1.75. The fraction of sp³-hybridized carbons (Fsp3) is 0.771. The summed E-state index contributed by atoms with van der Waals surface area (Å²) < 4.78 is 65.2. The van der Waals surface area contributed by atoms with Gasteiger partial charge in [0.25, 0.3) is 5.56 Å². The first-order valence-electron chi connectivity index (χ1n) is 24.8. The number of rotatable bonds is 32. The van der Waals surface area contributed by atoms with Gasteiger partial charge in [-0.15, -0.1) is 0 Å². The van der Waals surface area contributed by atoms with Crippen molar-refractivity contribution in [2.45, 2.75) is 185 Å². The number of hydrogen-bond acceptors (Lipinski definition) is 15. The van der Waals surface area contributed by atoms with Gasteiger partial charge in [0, 0.05) is 63.7 Å². The van der Waals surface area contributed by atoms with Gasteiger partial charge in [-0.1, -0.05) is 96.8 Å². The molecule has 1 saturated heterocycles. The number of carbonyl (C=O) groups excluding carboxylic acids is 1. The summed E-state index contributed by atoms with van der Waals surface area (Å²) >= 11 is 0. The fourth-order valence-electron chi connectivity index (χ4n) is 10.3. The molecule has 6 rings (SSSR count). The third-order valence-electron chi connectivity index (χ3n) is 13.7. The monoisotopic (exact) mass is 977 g/mol. The summed E-state index contributed by atoms with van der Waals surface area (Å²) in [7, 11) is 0.0733. The number of ether oxygens (including phenoxy) is 5. The van der Waals surface area contributed by atoms with Crippen LogP contribution in [0.4, 0.5) is 5.82 Å². The first kappa shape index (κ1) is 53.7. The molecule has 5 unspecified atom stereocenters. The lowest BCUT2D eigenvalue weighted by Crippen LogP contribution is -2.47. The van der Waals surface area contributed by atoms with Crippen LogP contribution < -0.4 is 22.7 Å². The number of anilines is 1. The molecular formula is C48H77N6O13P. The Labute approximate surface area is 400 Å². The number of unbranched alkanes of at least 4 members (excludes halogenated alkanes) is 14. The van der Waals surface area contributed by atoms with Crippen molar-refractivity contribution in [2.24, 2.45) is 11.8 Å². The van der Waals surface area contributed by atoms with Crippen molar-refractivity contribution in [3.8, 4) is 0 Å². The van der Waals surface area contributed by atoms with Crippen LogP contribution in [0.5, 0.6) is 0 Å². The number of carbonyl (C=O) groups is 1. The van der Waals surface area contributed by atoms with E-state index in [4.69, 9.17) is 43.0 Å². The Morgan fingerprint density at radius 2 is 1.50 bits per heavy atom. The minimum Gasteiger partial charge on any atom is -0.469 e. The molecule has 68 heavy (non-hydrogen) atoms. The maximum Gasteiger partial charge on any atom is 0.475 e. The molecule has 2 aliphatic carbocycles. The summed E-state index contributed by atoms with van der Waals surface area (Å²) in [4.78, 5) is 61.7. The summed E-state index contributed by atoms with van der Waals surface area (Å²) in [6.45, 7) is 9.76. The lowest BCUT2D eigenvalue weighted by atomic mass is 10.0. The van der Waals surface area contributed by atoms with Gasteiger partial charge in [-0.05, 0) is 40.2 Å². The van der Waals surface area contributed by atoms with Crippen LogP contribution >= 0.6 is 7.82 Å². The lowest BCUT2D eigenvalue weighted by Gasteiger charge is -2.32. The van der Waals surface area contributed by atoms with Gasteiger partial charge in [-0.25, -0.2) is 14.2 Å². The van der Waals surface area contributed by atoms with Crippen LogP contribution in [0.15, 0.2) is 50.2 Å². The zero-order chi connectivity index (χ0) is 49.2. The van der Waals surface area contributed by atoms with Crippen LogP contribution in [-0.2, 0) is 52.3 Å². The molecule has 4 heterocycles. The standard InChI is InChI=1S/C48H77N6O13P/c1-9-10-11-12-13-14-15-16-17-18-19-20-21-22-23-26-52(38(56)29-34-35(30-63-32(2)3)64-44(41(34)60-6)53-27-24-36(49)50-45(53)57)31-47-39(42(47)66-68(59,62-8)65-33(4)5)40-43(61-7)48(40,67-47)54-28-25-37(55)51-46(54)58/h24-25,27-28,32-33,39-44H,9-23,26,29-31H2,1-8H3,(H2,49,50,57)(H,51,55,58)/t39-,40?,41?,42?,43?,44+,47-,48+,68?/m0/s1. The Bertz CT molecular complexity index is 2250. The second kappa shape index (κ2) is 24.0. The van der Waals surface area contributed by atoms with E-state index in [1.54, 1.807) is 18.7 Å². The Balaban J connectivity index is 1.24.